The molecule has 0 aliphatic carbocycles. The second-order valence-electron chi connectivity index (χ2n) is 6.59. The predicted octanol–water partition coefficient (Wildman–Crippen LogP) is 3.92. The highest BCUT2D eigenvalue weighted by Gasteiger charge is 2.24. The Morgan fingerprint density at radius 3 is 2.44 bits per heavy atom. The molecule has 140 valence electrons. The Labute approximate surface area is 157 Å². The summed E-state index contributed by atoms with van der Waals surface area (Å²) in [7, 11) is 0. The molecule has 0 aliphatic heterocycles. The third-order valence-electron chi connectivity index (χ3n) is 4.03. The number of rotatable bonds is 5. The average molecular weight is 366 g/mol. The Bertz CT molecular complexity index is 950. The van der Waals surface area contributed by atoms with E-state index in [1.165, 1.54) is 0 Å². The number of urea groups is 1. The van der Waals surface area contributed by atoms with E-state index in [-0.39, 0.29) is 11.8 Å². The van der Waals surface area contributed by atoms with Crippen molar-refractivity contribution in [3.8, 4) is 0 Å². The van der Waals surface area contributed by atoms with Gasteiger partial charge in [-0.15, -0.1) is 0 Å². The minimum absolute atomic E-state index is 0.0930. The van der Waals surface area contributed by atoms with E-state index in [0.717, 1.165) is 0 Å². The SMILES string of the molecule is Cc1nc2cc(NC(=O)C(NC(=O)Nc3ccccc3)C(C)C)ccc2o1. The maximum atomic E-state index is 12.7. The highest BCUT2D eigenvalue weighted by Crippen LogP contribution is 2.20. The van der Waals surface area contributed by atoms with Crippen LogP contribution >= 0.6 is 0 Å². The minimum Gasteiger partial charge on any atom is -0.441 e. The zero-order valence-corrected chi connectivity index (χ0v) is 15.4. The van der Waals surface area contributed by atoms with Crippen LogP contribution in [0.2, 0.25) is 0 Å². The zero-order valence-electron chi connectivity index (χ0n) is 15.4. The fraction of sp³-hybridized carbons (Fsp3) is 0.250. The molecule has 27 heavy (non-hydrogen) atoms. The van der Waals surface area contributed by atoms with Crippen LogP contribution in [0.4, 0.5) is 16.2 Å². The molecule has 0 saturated heterocycles. The lowest BCUT2D eigenvalue weighted by molar-refractivity contribution is -0.118. The van der Waals surface area contributed by atoms with Gasteiger partial charge in [-0.05, 0) is 36.2 Å². The largest absolute Gasteiger partial charge is 0.441 e. The van der Waals surface area contributed by atoms with Gasteiger partial charge in [0.05, 0.1) is 0 Å². The summed E-state index contributed by atoms with van der Waals surface area (Å²) in [6, 6.07) is 13.2. The Kier molecular flexibility index (Phi) is 5.40. The fourth-order valence-corrected chi connectivity index (χ4v) is 2.71. The highest BCUT2D eigenvalue weighted by atomic mass is 16.3. The Morgan fingerprint density at radius 2 is 1.74 bits per heavy atom. The van der Waals surface area contributed by atoms with Crippen LogP contribution in [0, 0.1) is 12.8 Å². The highest BCUT2D eigenvalue weighted by molar-refractivity contribution is 6.00. The van der Waals surface area contributed by atoms with E-state index in [0.29, 0.717) is 28.4 Å². The number of nitrogens with one attached hydrogen (secondary N) is 3. The number of amides is 3. The molecule has 0 bridgehead atoms. The predicted molar refractivity (Wildman–Crippen MR) is 105 cm³/mol. The zero-order chi connectivity index (χ0) is 19.4. The number of carbonyl (C=O) groups is 2. The molecule has 1 heterocycles. The number of fused-ring (bicyclic) bond motifs is 1. The lowest BCUT2D eigenvalue weighted by Gasteiger charge is -2.22. The molecule has 0 radical (unpaired) electrons. The van der Waals surface area contributed by atoms with Crippen molar-refractivity contribution >= 4 is 34.4 Å². The van der Waals surface area contributed by atoms with Crippen LogP contribution in [0.3, 0.4) is 0 Å². The summed E-state index contributed by atoms with van der Waals surface area (Å²) in [5.41, 5.74) is 2.58. The molecule has 7 nitrogen and oxygen atoms in total. The average Bonchev–Trinajstić information content (AvgIpc) is 2.99. The topological polar surface area (TPSA) is 96.3 Å². The van der Waals surface area contributed by atoms with Crippen LogP contribution in [0.1, 0.15) is 19.7 Å². The maximum Gasteiger partial charge on any atom is 0.319 e. The van der Waals surface area contributed by atoms with Gasteiger partial charge in [-0.25, -0.2) is 9.78 Å². The van der Waals surface area contributed by atoms with Crippen molar-refractivity contribution in [1.29, 1.82) is 0 Å². The third kappa shape index (κ3) is 4.63. The van der Waals surface area contributed by atoms with Crippen molar-refractivity contribution < 1.29 is 14.0 Å². The summed E-state index contributed by atoms with van der Waals surface area (Å²) < 4.78 is 5.43. The van der Waals surface area contributed by atoms with Crippen LogP contribution in [0.15, 0.2) is 52.9 Å². The molecule has 1 unspecified atom stereocenters. The number of benzene rings is 2. The number of nitrogens with zero attached hydrogens (tertiary/aromatic N) is 1. The fourth-order valence-electron chi connectivity index (χ4n) is 2.71. The standard InChI is InChI=1S/C20H22N4O3/c1-12(2)18(24-20(26)23-14-7-5-4-6-8-14)19(25)22-15-9-10-17-16(11-15)21-13(3)27-17/h4-12,18H,1-3H3,(H,22,25)(H2,23,24,26). The molecule has 0 spiro atoms. The van der Waals surface area contributed by atoms with E-state index in [1.807, 2.05) is 32.0 Å². The van der Waals surface area contributed by atoms with Gasteiger partial charge in [-0.3, -0.25) is 4.79 Å². The first-order chi connectivity index (χ1) is 12.9. The van der Waals surface area contributed by atoms with Gasteiger partial charge in [0.2, 0.25) is 5.91 Å². The van der Waals surface area contributed by atoms with Gasteiger partial charge < -0.3 is 20.4 Å². The number of oxazole rings is 1. The molecule has 3 N–H and O–H groups in total. The van der Waals surface area contributed by atoms with Crippen LogP contribution in [0.25, 0.3) is 11.1 Å². The van der Waals surface area contributed by atoms with Crippen LogP contribution in [-0.4, -0.2) is 23.0 Å². The molecule has 1 atom stereocenters. The van der Waals surface area contributed by atoms with Gasteiger partial charge >= 0.3 is 6.03 Å². The van der Waals surface area contributed by atoms with Gasteiger partial charge in [0.25, 0.3) is 0 Å². The third-order valence-corrected chi connectivity index (χ3v) is 4.03. The molecule has 3 amide bonds. The number of hydrogen-bond acceptors (Lipinski definition) is 4. The molecule has 1 aromatic heterocycles. The molecular weight excluding hydrogens is 344 g/mol. The van der Waals surface area contributed by atoms with E-state index in [1.54, 1.807) is 37.3 Å². The van der Waals surface area contributed by atoms with Crippen LogP contribution < -0.4 is 16.0 Å². The van der Waals surface area contributed by atoms with Gasteiger partial charge in [0, 0.05) is 18.3 Å². The lowest BCUT2D eigenvalue weighted by atomic mass is 10.0. The summed E-state index contributed by atoms with van der Waals surface area (Å²) in [6.45, 7) is 5.51. The van der Waals surface area contributed by atoms with Crippen molar-refractivity contribution in [3.05, 3.63) is 54.4 Å². The van der Waals surface area contributed by atoms with Crippen molar-refractivity contribution in [1.82, 2.24) is 10.3 Å². The summed E-state index contributed by atoms with van der Waals surface area (Å²) in [5.74, 6) is 0.171. The maximum absolute atomic E-state index is 12.7. The normalized spacial score (nSPS) is 12.0. The number of para-hydroxylation sites is 1. The van der Waals surface area contributed by atoms with Gasteiger partial charge in [0.1, 0.15) is 11.6 Å². The Morgan fingerprint density at radius 1 is 1.00 bits per heavy atom. The first-order valence-corrected chi connectivity index (χ1v) is 8.73. The quantitative estimate of drug-likeness (QED) is 0.637. The second kappa shape index (κ2) is 7.90. The number of aryl methyl sites for hydroxylation is 1. The molecular formula is C20H22N4O3. The van der Waals surface area contributed by atoms with Crippen LogP contribution in [0.5, 0.6) is 0 Å². The Balaban J connectivity index is 1.67. The second-order valence-corrected chi connectivity index (χ2v) is 6.59. The summed E-state index contributed by atoms with van der Waals surface area (Å²) in [6.07, 6.45) is 0. The number of hydrogen-bond donors (Lipinski definition) is 3. The number of anilines is 2. The van der Waals surface area contributed by atoms with Crippen molar-refractivity contribution in [3.63, 3.8) is 0 Å². The molecule has 3 aromatic rings. The van der Waals surface area contributed by atoms with Gasteiger partial charge in [-0.2, -0.15) is 0 Å². The smallest absolute Gasteiger partial charge is 0.319 e. The molecule has 0 aliphatic rings. The number of carbonyl (C=O) groups excluding carboxylic acids is 2. The first kappa shape index (κ1) is 18.4. The van der Waals surface area contributed by atoms with E-state index in [9.17, 15) is 9.59 Å². The molecule has 7 heteroatoms. The van der Waals surface area contributed by atoms with E-state index < -0.39 is 12.1 Å². The lowest BCUT2D eigenvalue weighted by Crippen LogP contribution is -2.48. The first-order valence-electron chi connectivity index (χ1n) is 8.73. The van der Waals surface area contributed by atoms with Crippen molar-refractivity contribution in [2.75, 3.05) is 10.6 Å². The van der Waals surface area contributed by atoms with Gasteiger partial charge in [-0.1, -0.05) is 32.0 Å². The molecule has 0 saturated carbocycles. The van der Waals surface area contributed by atoms with E-state index in [2.05, 4.69) is 20.9 Å². The molecule has 3 rings (SSSR count). The summed E-state index contributed by atoms with van der Waals surface area (Å²) in [5, 5.41) is 8.28. The molecule has 0 fully saturated rings. The van der Waals surface area contributed by atoms with Crippen molar-refractivity contribution in [2.45, 2.75) is 26.8 Å². The van der Waals surface area contributed by atoms with E-state index in [4.69, 9.17) is 4.42 Å². The molecule has 2 aromatic carbocycles. The summed E-state index contributed by atoms with van der Waals surface area (Å²) >= 11 is 0. The Hall–Kier alpha value is -3.35. The number of aromatic nitrogens is 1. The van der Waals surface area contributed by atoms with E-state index >= 15 is 0 Å². The summed E-state index contributed by atoms with van der Waals surface area (Å²) in [4.78, 5) is 29.2. The van der Waals surface area contributed by atoms with Crippen molar-refractivity contribution in [2.24, 2.45) is 5.92 Å². The monoisotopic (exact) mass is 366 g/mol. The van der Waals surface area contributed by atoms with Crippen LogP contribution in [-0.2, 0) is 4.79 Å². The van der Waals surface area contributed by atoms with Gasteiger partial charge in [0.15, 0.2) is 11.5 Å². The minimum atomic E-state index is -0.691.